The summed E-state index contributed by atoms with van der Waals surface area (Å²) in [5.74, 6) is 0. The van der Waals surface area contributed by atoms with E-state index in [1.54, 1.807) is 23.0 Å². The molecule has 0 amide bonds. The first-order chi connectivity index (χ1) is 10.1. The molecule has 0 aliphatic heterocycles. The number of hydrogen-bond donors (Lipinski definition) is 0. The van der Waals surface area contributed by atoms with Crippen molar-refractivity contribution >= 4 is 21.6 Å². The lowest BCUT2D eigenvalue weighted by Gasteiger charge is -2.00. The van der Waals surface area contributed by atoms with Crippen LogP contribution in [0.3, 0.4) is 0 Å². The second kappa shape index (κ2) is 5.49. The average molecular weight is 344 g/mol. The molecule has 0 N–H and O–H groups in total. The molecule has 2 aromatic carbocycles. The Bertz CT molecular complexity index is 779. The van der Waals surface area contributed by atoms with Gasteiger partial charge in [0, 0.05) is 28.4 Å². The summed E-state index contributed by atoms with van der Waals surface area (Å²) >= 11 is 3.40. The van der Waals surface area contributed by atoms with Gasteiger partial charge in [-0.1, -0.05) is 28.1 Å². The third kappa shape index (κ3) is 2.85. The standard InChI is InChI=1S/C15H10BrN3O2/c16-13-3-1-11(2-4-13)12-9-17-18(10-12)14-5-7-15(8-6-14)19(20)21/h1-10H. The van der Waals surface area contributed by atoms with Gasteiger partial charge < -0.3 is 0 Å². The number of aromatic nitrogens is 2. The average Bonchev–Trinajstić information content (AvgIpc) is 2.98. The maximum atomic E-state index is 10.6. The van der Waals surface area contributed by atoms with Crippen LogP contribution < -0.4 is 0 Å². The summed E-state index contributed by atoms with van der Waals surface area (Å²) < 4.78 is 2.72. The molecule has 21 heavy (non-hydrogen) atoms. The van der Waals surface area contributed by atoms with E-state index in [-0.39, 0.29) is 5.69 Å². The lowest BCUT2D eigenvalue weighted by Crippen LogP contribution is -1.94. The predicted octanol–water partition coefficient (Wildman–Crippen LogP) is 4.21. The fourth-order valence-electron chi connectivity index (χ4n) is 1.98. The van der Waals surface area contributed by atoms with Crippen LogP contribution in [-0.2, 0) is 0 Å². The van der Waals surface area contributed by atoms with Gasteiger partial charge in [0.25, 0.3) is 5.69 Å². The molecule has 6 heteroatoms. The Morgan fingerprint density at radius 1 is 1.00 bits per heavy atom. The topological polar surface area (TPSA) is 61.0 Å². The van der Waals surface area contributed by atoms with Crippen LogP contribution in [0.1, 0.15) is 0 Å². The summed E-state index contributed by atoms with van der Waals surface area (Å²) in [5, 5.41) is 14.9. The third-order valence-corrected chi connectivity index (χ3v) is 3.61. The molecule has 3 rings (SSSR count). The molecule has 0 radical (unpaired) electrons. The van der Waals surface area contributed by atoms with Gasteiger partial charge in [-0.15, -0.1) is 0 Å². The van der Waals surface area contributed by atoms with Gasteiger partial charge in [-0.25, -0.2) is 4.68 Å². The molecule has 0 atom stereocenters. The Morgan fingerprint density at radius 2 is 1.67 bits per heavy atom. The van der Waals surface area contributed by atoms with Gasteiger partial charge in [0.05, 0.1) is 16.8 Å². The molecule has 0 fully saturated rings. The molecule has 1 heterocycles. The van der Waals surface area contributed by atoms with Crippen LogP contribution in [0.2, 0.25) is 0 Å². The first-order valence-corrected chi connectivity index (χ1v) is 6.98. The van der Waals surface area contributed by atoms with Crippen molar-refractivity contribution < 1.29 is 4.92 Å². The summed E-state index contributed by atoms with van der Waals surface area (Å²) in [7, 11) is 0. The first kappa shape index (κ1) is 13.5. The van der Waals surface area contributed by atoms with Crippen LogP contribution in [0.15, 0.2) is 65.4 Å². The molecule has 104 valence electrons. The Kier molecular flexibility index (Phi) is 3.53. The number of non-ortho nitro benzene ring substituents is 1. The lowest BCUT2D eigenvalue weighted by atomic mass is 10.1. The monoisotopic (exact) mass is 343 g/mol. The molecule has 0 unspecified atom stereocenters. The van der Waals surface area contributed by atoms with E-state index in [0.717, 1.165) is 21.3 Å². The van der Waals surface area contributed by atoms with Gasteiger partial charge in [-0.2, -0.15) is 5.10 Å². The maximum Gasteiger partial charge on any atom is 0.269 e. The molecule has 0 saturated carbocycles. The van der Waals surface area contributed by atoms with E-state index < -0.39 is 4.92 Å². The van der Waals surface area contributed by atoms with Crippen LogP contribution in [0.4, 0.5) is 5.69 Å². The molecule has 0 bridgehead atoms. The number of rotatable bonds is 3. The van der Waals surface area contributed by atoms with Crippen LogP contribution in [0, 0.1) is 10.1 Å². The van der Waals surface area contributed by atoms with Gasteiger partial charge >= 0.3 is 0 Å². The van der Waals surface area contributed by atoms with E-state index in [4.69, 9.17) is 0 Å². The van der Waals surface area contributed by atoms with Crippen LogP contribution in [0.25, 0.3) is 16.8 Å². The van der Waals surface area contributed by atoms with Crippen molar-refractivity contribution in [2.24, 2.45) is 0 Å². The second-order valence-electron chi connectivity index (χ2n) is 4.45. The normalized spacial score (nSPS) is 10.5. The fraction of sp³-hybridized carbons (Fsp3) is 0. The minimum Gasteiger partial charge on any atom is -0.258 e. The van der Waals surface area contributed by atoms with E-state index in [1.165, 1.54) is 12.1 Å². The number of halogens is 1. The van der Waals surface area contributed by atoms with Crippen molar-refractivity contribution in [3.8, 4) is 16.8 Å². The Labute approximate surface area is 129 Å². The largest absolute Gasteiger partial charge is 0.269 e. The van der Waals surface area contributed by atoms with E-state index in [2.05, 4.69) is 21.0 Å². The zero-order valence-electron chi connectivity index (χ0n) is 10.8. The van der Waals surface area contributed by atoms with E-state index in [0.29, 0.717) is 0 Å². The van der Waals surface area contributed by atoms with Crippen molar-refractivity contribution in [3.05, 3.63) is 75.5 Å². The van der Waals surface area contributed by atoms with Crippen molar-refractivity contribution in [3.63, 3.8) is 0 Å². The van der Waals surface area contributed by atoms with Gasteiger partial charge in [-0.3, -0.25) is 10.1 Å². The quantitative estimate of drug-likeness (QED) is 0.528. The number of nitro benzene ring substituents is 1. The second-order valence-corrected chi connectivity index (χ2v) is 5.37. The van der Waals surface area contributed by atoms with Gasteiger partial charge in [0.15, 0.2) is 0 Å². The lowest BCUT2D eigenvalue weighted by molar-refractivity contribution is -0.384. The number of hydrogen-bond acceptors (Lipinski definition) is 3. The molecule has 3 aromatic rings. The highest BCUT2D eigenvalue weighted by Crippen LogP contribution is 2.23. The molecule has 0 saturated heterocycles. The predicted molar refractivity (Wildman–Crippen MR) is 83.4 cm³/mol. The Hall–Kier alpha value is -2.47. The minimum absolute atomic E-state index is 0.0686. The Morgan fingerprint density at radius 3 is 2.29 bits per heavy atom. The summed E-state index contributed by atoms with van der Waals surface area (Å²) in [6.07, 6.45) is 3.66. The van der Waals surface area contributed by atoms with Crippen molar-refractivity contribution in [2.75, 3.05) is 0 Å². The van der Waals surface area contributed by atoms with Crippen molar-refractivity contribution in [1.82, 2.24) is 9.78 Å². The molecule has 0 aliphatic rings. The molecule has 0 aliphatic carbocycles. The van der Waals surface area contributed by atoms with Crippen LogP contribution in [0.5, 0.6) is 0 Å². The highest BCUT2D eigenvalue weighted by atomic mass is 79.9. The molecule has 5 nitrogen and oxygen atoms in total. The van der Waals surface area contributed by atoms with E-state index >= 15 is 0 Å². The summed E-state index contributed by atoms with van der Waals surface area (Å²) in [4.78, 5) is 10.2. The van der Waals surface area contributed by atoms with Crippen molar-refractivity contribution in [2.45, 2.75) is 0 Å². The number of benzene rings is 2. The van der Waals surface area contributed by atoms with Gasteiger partial charge in [-0.05, 0) is 29.8 Å². The fourth-order valence-corrected chi connectivity index (χ4v) is 2.25. The number of nitro groups is 1. The zero-order chi connectivity index (χ0) is 14.8. The molecular formula is C15H10BrN3O2. The van der Waals surface area contributed by atoms with Crippen LogP contribution >= 0.6 is 15.9 Å². The van der Waals surface area contributed by atoms with E-state index in [9.17, 15) is 10.1 Å². The summed E-state index contributed by atoms with van der Waals surface area (Å²) in [5.41, 5.74) is 2.90. The minimum atomic E-state index is -0.417. The number of nitrogens with zero attached hydrogens (tertiary/aromatic N) is 3. The zero-order valence-corrected chi connectivity index (χ0v) is 12.4. The smallest absolute Gasteiger partial charge is 0.258 e. The van der Waals surface area contributed by atoms with Gasteiger partial charge in [0.2, 0.25) is 0 Å². The van der Waals surface area contributed by atoms with E-state index in [1.807, 2.05) is 30.5 Å². The van der Waals surface area contributed by atoms with Gasteiger partial charge in [0.1, 0.15) is 0 Å². The summed E-state index contributed by atoms with van der Waals surface area (Å²) in [6.45, 7) is 0. The summed E-state index contributed by atoms with van der Waals surface area (Å²) in [6, 6.07) is 14.2. The first-order valence-electron chi connectivity index (χ1n) is 6.19. The van der Waals surface area contributed by atoms with Crippen LogP contribution in [-0.4, -0.2) is 14.7 Å². The van der Waals surface area contributed by atoms with Crippen molar-refractivity contribution in [1.29, 1.82) is 0 Å². The maximum absolute atomic E-state index is 10.6. The highest BCUT2D eigenvalue weighted by molar-refractivity contribution is 9.10. The molecule has 0 spiro atoms. The third-order valence-electron chi connectivity index (χ3n) is 3.09. The Balaban J connectivity index is 1.90. The highest BCUT2D eigenvalue weighted by Gasteiger charge is 2.07. The molecule has 1 aromatic heterocycles. The SMILES string of the molecule is O=[N+]([O-])c1ccc(-n2cc(-c3ccc(Br)cc3)cn2)cc1. The molecular weight excluding hydrogens is 334 g/mol.